The maximum absolute atomic E-state index is 13.2. The predicted molar refractivity (Wildman–Crippen MR) is 45.1 cm³/mol. The molecule has 0 aliphatic heterocycles. The zero-order valence-corrected chi connectivity index (χ0v) is 7.61. The van der Waals surface area contributed by atoms with E-state index < -0.39 is 29.5 Å². The molecule has 15 heavy (non-hydrogen) atoms. The first-order chi connectivity index (χ1) is 6.97. The van der Waals surface area contributed by atoms with Gasteiger partial charge in [0.2, 0.25) is 0 Å². The van der Waals surface area contributed by atoms with E-state index in [1.807, 2.05) is 0 Å². The van der Waals surface area contributed by atoms with Crippen molar-refractivity contribution < 1.29 is 17.6 Å². The van der Waals surface area contributed by atoms with Gasteiger partial charge in [0.25, 0.3) is 5.92 Å². The molecule has 1 nitrogen and oxygen atoms in total. The Hall–Kier alpha value is -1.57. The topological polar surface area (TPSA) is 23.8 Å². The van der Waals surface area contributed by atoms with Gasteiger partial charge in [-0.1, -0.05) is 0 Å². The van der Waals surface area contributed by atoms with Crippen LogP contribution in [-0.2, 0) is 5.92 Å². The van der Waals surface area contributed by atoms with E-state index in [4.69, 9.17) is 5.26 Å². The third-order valence-corrected chi connectivity index (χ3v) is 1.88. The quantitative estimate of drug-likeness (QED) is 0.712. The van der Waals surface area contributed by atoms with Crippen LogP contribution in [0.1, 0.15) is 18.4 Å². The van der Waals surface area contributed by atoms with Crippen LogP contribution in [0.3, 0.4) is 0 Å². The summed E-state index contributed by atoms with van der Waals surface area (Å²) in [5.74, 6) is -5.64. The second kappa shape index (κ2) is 4.30. The van der Waals surface area contributed by atoms with Gasteiger partial charge in [0.1, 0.15) is 11.6 Å². The molecule has 1 aromatic rings. The molecule has 0 bridgehead atoms. The molecular formula is C10H7F4N. The Morgan fingerprint density at radius 2 is 1.93 bits per heavy atom. The van der Waals surface area contributed by atoms with Crippen molar-refractivity contribution in [3.8, 4) is 6.07 Å². The molecule has 0 saturated heterocycles. The van der Waals surface area contributed by atoms with Gasteiger partial charge in [-0.3, -0.25) is 0 Å². The predicted octanol–water partition coefficient (Wildman–Crippen LogP) is 3.36. The minimum atomic E-state index is -3.44. The van der Waals surface area contributed by atoms with E-state index in [-0.39, 0.29) is 6.42 Å². The molecular weight excluding hydrogens is 210 g/mol. The molecule has 0 aliphatic carbocycles. The Balaban J connectivity index is 2.99. The van der Waals surface area contributed by atoms with E-state index in [1.165, 1.54) is 0 Å². The molecule has 0 unspecified atom stereocenters. The zero-order valence-electron chi connectivity index (χ0n) is 7.61. The van der Waals surface area contributed by atoms with Crippen molar-refractivity contribution in [2.45, 2.75) is 18.8 Å². The molecule has 0 N–H and O–H groups in total. The van der Waals surface area contributed by atoms with E-state index in [9.17, 15) is 17.6 Å². The SMILES string of the molecule is N#CCCC(F)(F)c1ccc(F)cc1F. The van der Waals surface area contributed by atoms with Crippen molar-refractivity contribution in [1.82, 2.24) is 0 Å². The number of nitriles is 1. The van der Waals surface area contributed by atoms with Crippen molar-refractivity contribution in [1.29, 1.82) is 5.26 Å². The molecule has 0 amide bonds. The molecule has 0 saturated carbocycles. The highest BCUT2D eigenvalue weighted by Gasteiger charge is 2.33. The van der Waals surface area contributed by atoms with Crippen LogP contribution in [-0.4, -0.2) is 0 Å². The third-order valence-electron chi connectivity index (χ3n) is 1.88. The normalized spacial score (nSPS) is 11.1. The molecule has 0 aliphatic rings. The number of nitrogens with zero attached hydrogens (tertiary/aromatic N) is 1. The Morgan fingerprint density at radius 3 is 2.47 bits per heavy atom. The molecule has 5 heteroatoms. The summed E-state index contributed by atoms with van der Waals surface area (Å²) < 4.78 is 51.9. The van der Waals surface area contributed by atoms with Crippen LogP contribution in [0.5, 0.6) is 0 Å². The largest absolute Gasteiger partial charge is 0.277 e. The molecule has 1 aromatic carbocycles. The summed E-state index contributed by atoms with van der Waals surface area (Å²) in [6.07, 6.45) is -1.16. The van der Waals surface area contributed by atoms with Crippen molar-refractivity contribution in [2.24, 2.45) is 0 Å². The lowest BCUT2D eigenvalue weighted by molar-refractivity contribution is -0.0154. The van der Waals surface area contributed by atoms with Gasteiger partial charge in [0, 0.05) is 18.9 Å². The number of benzene rings is 1. The zero-order chi connectivity index (χ0) is 11.5. The summed E-state index contributed by atoms with van der Waals surface area (Å²) in [4.78, 5) is 0. The lowest BCUT2D eigenvalue weighted by Crippen LogP contribution is -2.15. The van der Waals surface area contributed by atoms with Gasteiger partial charge in [-0.2, -0.15) is 5.26 Å². The van der Waals surface area contributed by atoms with Crippen LogP contribution in [0.15, 0.2) is 18.2 Å². The molecule has 0 atom stereocenters. The fourth-order valence-corrected chi connectivity index (χ4v) is 1.13. The Morgan fingerprint density at radius 1 is 1.27 bits per heavy atom. The molecule has 0 radical (unpaired) electrons. The van der Waals surface area contributed by atoms with Gasteiger partial charge < -0.3 is 0 Å². The van der Waals surface area contributed by atoms with Gasteiger partial charge >= 0.3 is 0 Å². The number of rotatable bonds is 3. The number of hydrogen-bond donors (Lipinski definition) is 0. The van der Waals surface area contributed by atoms with E-state index in [0.717, 1.165) is 6.07 Å². The molecule has 0 spiro atoms. The highest BCUT2D eigenvalue weighted by atomic mass is 19.3. The fourth-order valence-electron chi connectivity index (χ4n) is 1.13. The minimum absolute atomic E-state index is 0.385. The highest BCUT2D eigenvalue weighted by Crippen LogP contribution is 2.34. The monoisotopic (exact) mass is 217 g/mol. The first kappa shape index (κ1) is 11.5. The molecule has 1 rings (SSSR count). The summed E-state index contributed by atoms with van der Waals surface area (Å²) in [7, 11) is 0. The summed E-state index contributed by atoms with van der Waals surface area (Å²) >= 11 is 0. The van der Waals surface area contributed by atoms with Gasteiger partial charge in [-0.05, 0) is 12.1 Å². The lowest BCUT2D eigenvalue weighted by Gasteiger charge is -2.15. The number of alkyl halides is 2. The van der Waals surface area contributed by atoms with Crippen molar-refractivity contribution in [3.05, 3.63) is 35.4 Å². The van der Waals surface area contributed by atoms with Crippen LogP contribution in [0.2, 0.25) is 0 Å². The van der Waals surface area contributed by atoms with E-state index in [1.54, 1.807) is 6.07 Å². The van der Waals surface area contributed by atoms with Crippen LogP contribution in [0.25, 0.3) is 0 Å². The van der Waals surface area contributed by atoms with E-state index in [0.29, 0.717) is 12.1 Å². The van der Waals surface area contributed by atoms with Crippen LogP contribution >= 0.6 is 0 Å². The minimum Gasteiger partial charge on any atom is -0.207 e. The average Bonchev–Trinajstić information content (AvgIpc) is 2.14. The van der Waals surface area contributed by atoms with E-state index in [2.05, 4.69) is 0 Å². The van der Waals surface area contributed by atoms with E-state index >= 15 is 0 Å². The van der Waals surface area contributed by atoms with Crippen molar-refractivity contribution >= 4 is 0 Å². The summed E-state index contributed by atoms with van der Waals surface area (Å²) in [5, 5.41) is 8.15. The Bertz CT molecular complexity index is 395. The Labute approximate surface area is 83.9 Å². The standard InChI is InChI=1S/C10H7F4N/c11-7-2-3-8(9(12)6-7)10(13,14)4-1-5-15/h2-3,6H,1,4H2. The van der Waals surface area contributed by atoms with Crippen LogP contribution in [0.4, 0.5) is 17.6 Å². The summed E-state index contributed by atoms with van der Waals surface area (Å²) in [6, 6.07) is 3.41. The molecule has 0 aromatic heterocycles. The van der Waals surface area contributed by atoms with Crippen molar-refractivity contribution in [2.75, 3.05) is 0 Å². The number of halogens is 4. The molecule has 0 fully saturated rings. The van der Waals surface area contributed by atoms with Gasteiger partial charge in [0.05, 0.1) is 11.6 Å². The van der Waals surface area contributed by atoms with Crippen LogP contribution < -0.4 is 0 Å². The summed E-state index contributed by atoms with van der Waals surface area (Å²) in [6.45, 7) is 0. The van der Waals surface area contributed by atoms with Gasteiger partial charge in [-0.25, -0.2) is 17.6 Å². The Kier molecular flexibility index (Phi) is 3.30. The lowest BCUT2D eigenvalue weighted by atomic mass is 10.0. The first-order valence-corrected chi connectivity index (χ1v) is 4.17. The highest BCUT2D eigenvalue weighted by molar-refractivity contribution is 5.23. The second-order valence-corrected chi connectivity index (χ2v) is 2.99. The maximum Gasteiger partial charge on any atom is 0.277 e. The van der Waals surface area contributed by atoms with Gasteiger partial charge in [0.15, 0.2) is 0 Å². The maximum atomic E-state index is 13.2. The third kappa shape index (κ3) is 2.69. The van der Waals surface area contributed by atoms with Gasteiger partial charge in [-0.15, -0.1) is 0 Å². The smallest absolute Gasteiger partial charge is 0.207 e. The average molecular weight is 217 g/mol. The van der Waals surface area contributed by atoms with Crippen molar-refractivity contribution in [3.63, 3.8) is 0 Å². The molecule has 80 valence electrons. The van der Waals surface area contributed by atoms with Crippen LogP contribution in [0, 0.1) is 23.0 Å². The molecule has 0 heterocycles. The number of hydrogen-bond acceptors (Lipinski definition) is 1. The summed E-state index contributed by atoms with van der Waals surface area (Å²) in [5.41, 5.74) is -0.876. The fraction of sp³-hybridized carbons (Fsp3) is 0.300. The first-order valence-electron chi connectivity index (χ1n) is 4.17. The second-order valence-electron chi connectivity index (χ2n) is 2.99.